The van der Waals surface area contributed by atoms with Gasteiger partial charge in [0, 0.05) is 10.4 Å². The molecule has 0 aliphatic carbocycles. The molecule has 1 heterocycles. The summed E-state index contributed by atoms with van der Waals surface area (Å²) in [6, 6.07) is 5.60. The summed E-state index contributed by atoms with van der Waals surface area (Å²) in [6.45, 7) is 0. The van der Waals surface area contributed by atoms with Gasteiger partial charge in [-0.2, -0.15) is 5.10 Å². The molecule has 0 aliphatic heterocycles. The lowest BCUT2D eigenvalue weighted by molar-refractivity contribution is 1.10. The molecular weight excluding hydrogens is 227 g/mol. The standard InChI is InChI=1S/C7H4BrClN2/c8-7-5-2-1-4(9)3-6(5)10-11-7/h1-3H,(H,10,11). The van der Waals surface area contributed by atoms with Gasteiger partial charge in [0.1, 0.15) is 4.60 Å². The summed E-state index contributed by atoms with van der Waals surface area (Å²) in [4.78, 5) is 0. The summed E-state index contributed by atoms with van der Waals surface area (Å²) < 4.78 is 0.823. The van der Waals surface area contributed by atoms with Gasteiger partial charge in [0.2, 0.25) is 0 Å². The van der Waals surface area contributed by atoms with Crippen LogP contribution in [0.3, 0.4) is 0 Å². The third-order valence-corrected chi connectivity index (χ3v) is 2.32. The van der Waals surface area contributed by atoms with Crippen LogP contribution in [0.15, 0.2) is 22.8 Å². The van der Waals surface area contributed by atoms with Gasteiger partial charge < -0.3 is 0 Å². The van der Waals surface area contributed by atoms with Crippen LogP contribution in [0.4, 0.5) is 0 Å². The topological polar surface area (TPSA) is 28.7 Å². The number of aromatic amines is 1. The predicted octanol–water partition coefficient (Wildman–Crippen LogP) is 2.98. The van der Waals surface area contributed by atoms with E-state index in [0.29, 0.717) is 5.02 Å². The third kappa shape index (κ3) is 1.14. The van der Waals surface area contributed by atoms with E-state index < -0.39 is 0 Å². The van der Waals surface area contributed by atoms with Crippen molar-refractivity contribution in [3.63, 3.8) is 0 Å². The van der Waals surface area contributed by atoms with E-state index in [2.05, 4.69) is 26.1 Å². The van der Waals surface area contributed by atoms with Crippen molar-refractivity contribution in [3.05, 3.63) is 27.8 Å². The van der Waals surface area contributed by atoms with Crippen molar-refractivity contribution in [2.75, 3.05) is 0 Å². The highest BCUT2D eigenvalue weighted by atomic mass is 79.9. The average molecular weight is 231 g/mol. The number of halogens is 2. The first-order valence-electron chi connectivity index (χ1n) is 3.06. The second-order valence-electron chi connectivity index (χ2n) is 2.20. The molecule has 1 aromatic heterocycles. The normalized spacial score (nSPS) is 10.7. The Morgan fingerprint density at radius 2 is 2.27 bits per heavy atom. The highest BCUT2D eigenvalue weighted by Crippen LogP contribution is 2.23. The third-order valence-electron chi connectivity index (χ3n) is 1.48. The summed E-state index contributed by atoms with van der Waals surface area (Å²) in [5.74, 6) is 0. The maximum atomic E-state index is 5.76. The van der Waals surface area contributed by atoms with Crippen LogP contribution in [0.2, 0.25) is 5.02 Å². The van der Waals surface area contributed by atoms with Gasteiger partial charge in [-0.3, -0.25) is 5.10 Å². The smallest absolute Gasteiger partial charge is 0.135 e. The zero-order valence-electron chi connectivity index (χ0n) is 5.44. The van der Waals surface area contributed by atoms with E-state index in [1.807, 2.05) is 18.2 Å². The molecule has 0 atom stereocenters. The lowest BCUT2D eigenvalue weighted by Crippen LogP contribution is -1.67. The minimum atomic E-state index is 0.716. The molecule has 2 nitrogen and oxygen atoms in total. The van der Waals surface area contributed by atoms with Gasteiger partial charge in [-0.15, -0.1) is 0 Å². The molecule has 56 valence electrons. The van der Waals surface area contributed by atoms with Crippen LogP contribution < -0.4 is 0 Å². The summed E-state index contributed by atoms with van der Waals surface area (Å²) in [6.07, 6.45) is 0. The lowest BCUT2D eigenvalue weighted by Gasteiger charge is -1.88. The Morgan fingerprint density at radius 1 is 1.45 bits per heavy atom. The van der Waals surface area contributed by atoms with E-state index in [1.54, 1.807) is 0 Å². The first-order chi connectivity index (χ1) is 5.27. The second-order valence-corrected chi connectivity index (χ2v) is 3.39. The molecule has 0 aliphatic rings. The Kier molecular flexibility index (Phi) is 1.62. The Hall–Kier alpha value is -0.540. The fourth-order valence-electron chi connectivity index (χ4n) is 0.958. The van der Waals surface area contributed by atoms with Crippen molar-refractivity contribution in [3.8, 4) is 0 Å². The molecule has 0 radical (unpaired) electrons. The molecule has 0 fully saturated rings. The number of hydrogen-bond acceptors (Lipinski definition) is 1. The first kappa shape index (κ1) is 7.13. The number of hydrogen-bond donors (Lipinski definition) is 1. The maximum Gasteiger partial charge on any atom is 0.135 e. The summed E-state index contributed by atoms with van der Waals surface area (Å²) in [7, 11) is 0. The van der Waals surface area contributed by atoms with Crippen LogP contribution in [0.25, 0.3) is 10.9 Å². The molecule has 0 amide bonds. The average Bonchev–Trinajstić information content (AvgIpc) is 2.32. The van der Waals surface area contributed by atoms with E-state index in [1.165, 1.54) is 0 Å². The van der Waals surface area contributed by atoms with Gasteiger partial charge in [0.05, 0.1) is 5.52 Å². The minimum Gasteiger partial charge on any atom is -0.277 e. The number of nitrogens with one attached hydrogen (secondary N) is 1. The van der Waals surface area contributed by atoms with Crippen molar-refractivity contribution in [2.45, 2.75) is 0 Å². The number of rotatable bonds is 0. The van der Waals surface area contributed by atoms with Crippen LogP contribution in [0, 0.1) is 0 Å². The SMILES string of the molecule is Clc1ccc2c(Br)n[nH]c2c1. The van der Waals surface area contributed by atoms with Gasteiger partial charge >= 0.3 is 0 Å². The van der Waals surface area contributed by atoms with Gasteiger partial charge in [0.15, 0.2) is 0 Å². The number of aromatic nitrogens is 2. The van der Waals surface area contributed by atoms with Gasteiger partial charge in [-0.25, -0.2) is 0 Å². The highest BCUT2D eigenvalue weighted by Gasteiger charge is 2.00. The molecule has 2 rings (SSSR count). The van der Waals surface area contributed by atoms with Gasteiger partial charge in [0.25, 0.3) is 0 Å². The molecule has 0 bridgehead atoms. The fourth-order valence-corrected chi connectivity index (χ4v) is 1.56. The van der Waals surface area contributed by atoms with Gasteiger partial charge in [-0.1, -0.05) is 11.6 Å². The second kappa shape index (κ2) is 2.50. The number of nitrogens with zero attached hydrogens (tertiary/aromatic N) is 1. The molecular formula is C7H4BrClN2. The summed E-state index contributed by atoms with van der Waals surface area (Å²) >= 11 is 9.07. The zero-order valence-corrected chi connectivity index (χ0v) is 7.78. The Labute approximate surface area is 76.7 Å². The van der Waals surface area contributed by atoms with E-state index in [9.17, 15) is 0 Å². The minimum absolute atomic E-state index is 0.716. The molecule has 4 heteroatoms. The quantitative estimate of drug-likeness (QED) is 0.742. The van der Waals surface area contributed by atoms with Crippen LogP contribution in [-0.2, 0) is 0 Å². The van der Waals surface area contributed by atoms with Crippen molar-refractivity contribution in [2.24, 2.45) is 0 Å². The number of benzene rings is 1. The number of H-pyrrole nitrogens is 1. The van der Waals surface area contributed by atoms with Crippen molar-refractivity contribution >= 4 is 38.4 Å². The largest absolute Gasteiger partial charge is 0.277 e. The van der Waals surface area contributed by atoms with Crippen molar-refractivity contribution in [1.82, 2.24) is 10.2 Å². The summed E-state index contributed by atoms with van der Waals surface area (Å²) in [5.41, 5.74) is 0.948. The van der Waals surface area contributed by atoms with Crippen LogP contribution in [0.1, 0.15) is 0 Å². The number of fused-ring (bicyclic) bond motifs is 1. The molecule has 0 saturated heterocycles. The fraction of sp³-hybridized carbons (Fsp3) is 0. The van der Waals surface area contributed by atoms with Gasteiger partial charge in [-0.05, 0) is 34.1 Å². The molecule has 0 spiro atoms. The molecule has 0 saturated carbocycles. The Bertz CT molecular complexity index is 396. The molecule has 1 aromatic carbocycles. The predicted molar refractivity (Wildman–Crippen MR) is 48.8 cm³/mol. The lowest BCUT2D eigenvalue weighted by atomic mass is 10.3. The highest BCUT2D eigenvalue weighted by molar-refractivity contribution is 9.10. The molecule has 11 heavy (non-hydrogen) atoms. The Morgan fingerprint density at radius 3 is 3.09 bits per heavy atom. The molecule has 1 N–H and O–H groups in total. The monoisotopic (exact) mass is 230 g/mol. The summed E-state index contributed by atoms with van der Waals surface area (Å²) in [5, 5.41) is 8.58. The van der Waals surface area contributed by atoms with Crippen molar-refractivity contribution in [1.29, 1.82) is 0 Å². The van der Waals surface area contributed by atoms with Crippen LogP contribution in [-0.4, -0.2) is 10.2 Å². The van der Waals surface area contributed by atoms with Crippen LogP contribution in [0.5, 0.6) is 0 Å². The van der Waals surface area contributed by atoms with E-state index in [0.717, 1.165) is 15.5 Å². The van der Waals surface area contributed by atoms with E-state index in [-0.39, 0.29) is 0 Å². The zero-order chi connectivity index (χ0) is 7.84. The Balaban J connectivity index is 2.86. The van der Waals surface area contributed by atoms with Crippen molar-refractivity contribution < 1.29 is 0 Å². The molecule has 0 unspecified atom stereocenters. The maximum absolute atomic E-state index is 5.76. The molecule has 2 aromatic rings. The van der Waals surface area contributed by atoms with E-state index >= 15 is 0 Å². The first-order valence-corrected chi connectivity index (χ1v) is 4.23. The van der Waals surface area contributed by atoms with Crippen LogP contribution >= 0.6 is 27.5 Å². The van der Waals surface area contributed by atoms with E-state index in [4.69, 9.17) is 11.6 Å².